The number of aromatic amines is 1. The van der Waals surface area contributed by atoms with Gasteiger partial charge in [0.25, 0.3) is 5.56 Å². The predicted molar refractivity (Wildman–Crippen MR) is 94.7 cm³/mol. The van der Waals surface area contributed by atoms with Gasteiger partial charge in [-0.1, -0.05) is 0 Å². The number of ether oxygens (including phenoxy) is 3. The van der Waals surface area contributed by atoms with Crippen molar-refractivity contribution in [3.05, 3.63) is 31.5 Å². The molecule has 0 aromatic carbocycles. The molecular weight excluding hydrogens is 464 g/mol. The average molecular weight is 485 g/mol. The lowest BCUT2D eigenvalue weighted by Gasteiger charge is -2.41. The van der Waals surface area contributed by atoms with E-state index in [-0.39, 0.29) is 4.47 Å². The minimum Gasteiger partial charge on any atom is -0.394 e. The highest BCUT2D eigenvalue weighted by Gasteiger charge is 2.51. The van der Waals surface area contributed by atoms with Crippen LogP contribution in [0.3, 0.4) is 0 Å². The number of aliphatic hydroxyl groups is 6. The van der Waals surface area contributed by atoms with Gasteiger partial charge in [-0.05, 0) is 15.9 Å². The van der Waals surface area contributed by atoms with Gasteiger partial charge in [0.2, 0.25) is 0 Å². The Labute approximate surface area is 170 Å². The second kappa shape index (κ2) is 8.89. The van der Waals surface area contributed by atoms with Gasteiger partial charge in [0.05, 0.1) is 17.7 Å². The van der Waals surface area contributed by atoms with Crippen LogP contribution in [0, 0.1) is 0 Å². The van der Waals surface area contributed by atoms with E-state index in [2.05, 4.69) is 15.9 Å². The summed E-state index contributed by atoms with van der Waals surface area (Å²) in [6, 6.07) is 0. The van der Waals surface area contributed by atoms with Crippen LogP contribution in [0.15, 0.2) is 20.3 Å². The molecule has 1 aromatic heterocycles. The molecule has 14 heteroatoms. The van der Waals surface area contributed by atoms with Crippen LogP contribution < -0.4 is 11.2 Å². The van der Waals surface area contributed by atoms with Gasteiger partial charge in [-0.3, -0.25) is 14.3 Å². The summed E-state index contributed by atoms with van der Waals surface area (Å²) in [6.45, 7) is -1.32. The third-order valence-corrected chi connectivity index (χ3v) is 5.39. The maximum atomic E-state index is 12.1. The first-order chi connectivity index (χ1) is 13.7. The van der Waals surface area contributed by atoms with Gasteiger partial charge < -0.3 is 44.8 Å². The van der Waals surface area contributed by atoms with Crippen LogP contribution in [-0.4, -0.2) is 102 Å². The molecule has 164 valence electrons. The van der Waals surface area contributed by atoms with Crippen molar-refractivity contribution in [1.82, 2.24) is 9.55 Å². The predicted octanol–water partition coefficient (Wildman–Crippen LogP) is -4.27. The number of halogens is 1. The molecule has 29 heavy (non-hydrogen) atoms. The van der Waals surface area contributed by atoms with Crippen LogP contribution in [0.1, 0.15) is 6.23 Å². The van der Waals surface area contributed by atoms with Crippen LogP contribution in [0.2, 0.25) is 0 Å². The molecule has 2 aliphatic rings. The van der Waals surface area contributed by atoms with Crippen LogP contribution in [-0.2, 0) is 14.2 Å². The van der Waals surface area contributed by atoms with Crippen molar-refractivity contribution in [2.24, 2.45) is 0 Å². The average Bonchev–Trinajstić information content (AvgIpc) is 3.00. The summed E-state index contributed by atoms with van der Waals surface area (Å²) >= 11 is 2.96. The third kappa shape index (κ3) is 4.18. The first-order valence-corrected chi connectivity index (χ1v) is 9.40. The van der Waals surface area contributed by atoms with Crippen molar-refractivity contribution in [3.63, 3.8) is 0 Å². The minimum atomic E-state index is -1.73. The van der Waals surface area contributed by atoms with E-state index >= 15 is 0 Å². The Balaban J connectivity index is 1.83. The second-order valence-electron chi connectivity index (χ2n) is 6.68. The SMILES string of the molecule is O=c1[nH]c(=O)n(C2OC(CO)C(OC3OC(CO)C(O)C(O)C3O)C2O)cc1Br. The topological polar surface area (TPSA) is 204 Å². The van der Waals surface area contributed by atoms with Crippen LogP contribution >= 0.6 is 15.9 Å². The summed E-state index contributed by atoms with van der Waals surface area (Å²) in [5.41, 5.74) is -1.57. The molecule has 9 unspecified atom stereocenters. The maximum absolute atomic E-state index is 12.1. The Morgan fingerprint density at radius 2 is 1.66 bits per heavy atom. The molecule has 3 rings (SSSR count). The molecule has 0 amide bonds. The number of nitrogens with zero attached hydrogens (tertiary/aromatic N) is 1. The van der Waals surface area contributed by atoms with E-state index < -0.39 is 79.7 Å². The van der Waals surface area contributed by atoms with Crippen molar-refractivity contribution in [2.45, 2.75) is 55.2 Å². The second-order valence-corrected chi connectivity index (χ2v) is 7.53. The molecule has 2 aliphatic heterocycles. The van der Waals surface area contributed by atoms with Crippen LogP contribution in [0.5, 0.6) is 0 Å². The highest BCUT2D eigenvalue weighted by molar-refractivity contribution is 9.10. The zero-order chi connectivity index (χ0) is 21.5. The van der Waals surface area contributed by atoms with E-state index in [1.807, 2.05) is 4.98 Å². The molecule has 0 aliphatic carbocycles. The van der Waals surface area contributed by atoms with E-state index in [9.17, 15) is 40.2 Å². The number of H-pyrrole nitrogens is 1. The Kier molecular flexibility index (Phi) is 6.89. The van der Waals surface area contributed by atoms with Gasteiger partial charge in [0, 0.05) is 6.20 Å². The van der Waals surface area contributed by atoms with E-state index in [0.29, 0.717) is 0 Å². The fourth-order valence-corrected chi connectivity index (χ4v) is 3.57. The molecule has 0 spiro atoms. The molecule has 2 saturated heterocycles. The molecule has 0 bridgehead atoms. The Morgan fingerprint density at radius 3 is 2.28 bits per heavy atom. The molecule has 1 aromatic rings. The summed E-state index contributed by atoms with van der Waals surface area (Å²) in [6.07, 6.45) is -12.2. The molecule has 3 heterocycles. The first-order valence-electron chi connectivity index (χ1n) is 8.61. The fourth-order valence-electron chi connectivity index (χ4n) is 3.25. The Hall–Kier alpha value is -1.20. The minimum absolute atomic E-state index is 0.00764. The molecule has 13 nitrogen and oxygen atoms in total. The van der Waals surface area contributed by atoms with Crippen molar-refractivity contribution in [2.75, 3.05) is 13.2 Å². The Morgan fingerprint density at radius 1 is 1.00 bits per heavy atom. The smallest absolute Gasteiger partial charge is 0.330 e. The number of nitrogens with one attached hydrogen (secondary N) is 1. The summed E-state index contributed by atoms with van der Waals surface area (Å²) in [4.78, 5) is 25.6. The van der Waals surface area contributed by atoms with Gasteiger partial charge in [-0.25, -0.2) is 4.79 Å². The van der Waals surface area contributed by atoms with Gasteiger partial charge in [0.15, 0.2) is 12.5 Å². The zero-order valence-electron chi connectivity index (χ0n) is 14.7. The summed E-state index contributed by atoms with van der Waals surface area (Å²) < 4.78 is 17.1. The van der Waals surface area contributed by atoms with Gasteiger partial charge in [-0.15, -0.1) is 0 Å². The number of hydrogen-bond acceptors (Lipinski definition) is 11. The number of hydrogen-bond donors (Lipinski definition) is 7. The molecular formula is C15H21BrN2O11. The van der Waals surface area contributed by atoms with Crippen LogP contribution in [0.25, 0.3) is 0 Å². The zero-order valence-corrected chi connectivity index (χ0v) is 16.3. The normalized spacial score (nSPS) is 40.3. The number of aromatic nitrogens is 2. The van der Waals surface area contributed by atoms with Crippen LogP contribution in [0.4, 0.5) is 0 Å². The molecule has 0 saturated carbocycles. The van der Waals surface area contributed by atoms with E-state index in [1.54, 1.807) is 0 Å². The summed E-state index contributed by atoms with van der Waals surface area (Å²) in [5.74, 6) is 0. The lowest BCUT2D eigenvalue weighted by molar-refractivity contribution is -0.318. The molecule has 0 radical (unpaired) electrons. The van der Waals surface area contributed by atoms with E-state index in [1.165, 1.54) is 0 Å². The van der Waals surface area contributed by atoms with Gasteiger partial charge >= 0.3 is 5.69 Å². The lowest BCUT2D eigenvalue weighted by Crippen LogP contribution is -2.60. The lowest BCUT2D eigenvalue weighted by atomic mass is 9.99. The standard InChI is InChI=1S/C15H21BrN2O11/c16-4-1-18(15(26)17-12(4)25)13-10(24)11(6(3-20)27-13)29-14-9(23)8(22)7(21)5(2-19)28-14/h1,5-11,13-14,19-24H,2-3H2,(H,17,25,26). The maximum Gasteiger partial charge on any atom is 0.330 e. The fraction of sp³-hybridized carbons (Fsp3) is 0.733. The molecule has 9 atom stereocenters. The summed E-state index contributed by atoms with van der Waals surface area (Å²) in [7, 11) is 0. The number of aliphatic hydroxyl groups excluding tert-OH is 6. The van der Waals surface area contributed by atoms with E-state index in [0.717, 1.165) is 10.8 Å². The monoisotopic (exact) mass is 484 g/mol. The van der Waals surface area contributed by atoms with Crippen molar-refractivity contribution in [1.29, 1.82) is 0 Å². The van der Waals surface area contributed by atoms with Crippen molar-refractivity contribution in [3.8, 4) is 0 Å². The third-order valence-electron chi connectivity index (χ3n) is 4.83. The van der Waals surface area contributed by atoms with Gasteiger partial charge in [-0.2, -0.15) is 0 Å². The van der Waals surface area contributed by atoms with E-state index in [4.69, 9.17) is 14.2 Å². The summed E-state index contributed by atoms with van der Waals surface area (Å²) in [5, 5.41) is 59.2. The largest absolute Gasteiger partial charge is 0.394 e. The highest BCUT2D eigenvalue weighted by Crippen LogP contribution is 2.33. The molecule has 2 fully saturated rings. The molecule has 7 N–H and O–H groups in total. The highest BCUT2D eigenvalue weighted by atomic mass is 79.9. The number of rotatable bonds is 5. The van der Waals surface area contributed by atoms with Crippen molar-refractivity contribution >= 4 is 15.9 Å². The van der Waals surface area contributed by atoms with Crippen molar-refractivity contribution < 1.29 is 44.8 Å². The van der Waals surface area contributed by atoms with Gasteiger partial charge in [0.1, 0.15) is 42.7 Å². The quantitative estimate of drug-likeness (QED) is 0.213. The Bertz CT molecular complexity index is 829. The first kappa shape index (κ1) is 22.5.